The summed E-state index contributed by atoms with van der Waals surface area (Å²) in [5.74, 6) is -1.14. The first-order valence-corrected chi connectivity index (χ1v) is 5.66. The van der Waals surface area contributed by atoms with Crippen molar-refractivity contribution in [3.63, 3.8) is 0 Å². The van der Waals surface area contributed by atoms with Crippen LogP contribution in [0, 0.1) is 0 Å². The Hall–Kier alpha value is -2.31. The zero-order chi connectivity index (χ0) is 15.3. The van der Waals surface area contributed by atoms with Crippen LogP contribution in [-0.2, 0) is 15.8 Å². The molecule has 1 rings (SSSR count). The molecule has 0 heterocycles. The monoisotopic (exact) mass is 286 g/mol. The number of hydrogen-bond acceptors (Lipinski definition) is 2. The van der Waals surface area contributed by atoms with Crippen LogP contribution < -0.4 is 10.6 Å². The fraction of sp³-hybridized carbons (Fsp3) is 0.231. The van der Waals surface area contributed by atoms with E-state index in [9.17, 15) is 22.8 Å². The molecule has 0 atom stereocenters. The Morgan fingerprint density at radius 1 is 1.20 bits per heavy atom. The van der Waals surface area contributed by atoms with Gasteiger partial charge in [-0.25, -0.2) is 0 Å². The summed E-state index contributed by atoms with van der Waals surface area (Å²) in [7, 11) is 0. The number of carbonyl (C=O) groups excluding carboxylic acids is 2. The van der Waals surface area contributed by atoms with E-state index in [2.05, 4.69) is 10.6 Å². The molecule has 0 aliphatic rings. The van der Waals surface area contributed by atoms with Crippen LogP contribution in [0.15, 0.2) is 30.4 Å². The molecule has 0 bridgehead atoms. The van der Waals surface area contributed by atoms with E-state index in [0.717, 1.165) is 18.2 Å². The minimum Gasteiger partial charge on any atom is -0.326 e. The van der Waals surface area contributed by atoms with Crippen molar-refractivity contribution in [1.82, 2.24) is 0 Å². The Bertz CT molecular complexity index is 551. The number of halogens is 3. The van der Waals surface area contributed by atoms with E-state index in [1.165, 1.54) is 19.1 Å². The molecule has 1 aromatic rings. The van der Waals surface area contributed by atoms with Gasteiger partial charge < -0.3 is 10.6 Å². The minimum absolute atomic E-state index is 0.00820. The van der Waals surface area contributed by atoms with Gasteiger partial charge in [-0.05, 0) is 31.2 Å². The van der Waals surface area contributed by atoms with Crippen molar-refractivity contribution in [2.75, 3.05) is 10.6 Å². The van der Waals surface area contributed by atoms with E-state index in [4.69, 9.17) is 0 Å². The molecule has 0 unspecified atom stereocenters. The van der Waals surface area contributed by atoms with Crippen LogP contribution in [-0.4, -0.2) is 11.8 Å². The van der Waals surface area contributed by atoms with E-state index >= 15 is 0 Å². The van der Waals surface area contributed by atoms with Crippen molar-refractivity contribution < 1.29 is 22.8 Å². The predicted octanol–water partition coefficient (Wildman–Crippen LogP) is 3.18. The molecular weight excluding hydrogens is 273 g/mol. The van der Waals surface area contributed by atoms with Gasteiger partial charge >= 0.3 is 6.18 Å². The molecular formula is C13H13F3N2O2. The lowest BCUT2D eigenvalue weighted by Crippen LogP contribution is -2.15. The number of carbonyl (C=O) groups is 2. The molecule has 1 aromatic carbocycles. The van der Waals surface area contributed by atoms with Crippen LogP contribution in [0.5, 0.6) is 0 Å². The first-order chi connectivity index (χ1) is 9.24. The molecule has 108 valence electrons. The zero-order valence-electron chi connectivity index (χ0n) is 10.8. The Balaban J connectivity index is 3.17. The SMILES string of the molecule is C/C=C/C(=O)Nc1ccc(NC(C)=O)cc1C(F)(F)F. The average Bonchev–Trinajstić information content (AvgIpc) is 2.29. The number of anilines is 2. The van der Waals surface area contributed by atoms with Crippen molar-refractivity contribution in [2.24, 2.45) is 0 Å². The summed E-state index contributed by atoms with van der Waals surface area (Å²) in [6, 6.07) is 3.14. The summed E-state index contributed by atoms with van der Waals surface area (Å²) < 4.78 is 38.8. The molecule has 2 N–H and O–H groups in total. The summed E-state index contributed by atoms with van der Waals surface area (Å²) in [5.41, 5.74) is -1.38. The van der Waals surface area contributed by atoms with Gasteiger partial charge in [-0.2, -0.15) is 13.2 Å². The molecule has 4 nitrogen and oxygen atoms in total. The maximum atomic E-state index is 12.9. The molecule has 2 amide bonds. The summed E-state index contributed by atoms with van der Waals surface area (Å²) in [6.07, 6.45) is -2.12. The topological polar surface area (TPSA) is 58.2 Å². The number of nitrogens with one attached hydrogen (secondary N) is 2. The second kappa shape index (κ2) is 6.23. The normalized spacial score (nSPS) is 11.4. The zero-order valence-corrected chi connectivity index (χ0v) is 10.8. The standard InChI is InChI=1S/C13H13F3N2O2/c1-3-4-12(20)18-11-6-5-9(17-8(2)19)7-10(11)13(14,15)16/h3-7H,1-2H3,(H,17,19)(H,18,20)/b4-3+. The van der Waals surface area contributed by atoms with Crippen LogP contribution in [0.25, 0.3) is 0 Å². The Morgan fingerprint density at radius 2 is 1.85 bits per heavy atom. The highest BCUT2D eigenvalue weighted by Gasteiger charge is 2.34. The second-order valence-corrected chi connectivity index (χ2v) is 3.93. The van der Waals surface area contributed by atoms with E-state index < -0.39 is 23.6 Å². The van der Waals surface area contributed by atoms with Crippen LogP contribution in [0.3, 0.4) is 0 Å². The lowest BCUT2D eigenvalue weighted by Gasteiger charge is -2.14. The number of benzene rings is 1. The van der Waals surface area contributed by atoms with Crippen LogP contribution in [0.1, 0.15) is 19.4 Å². The molecule has 20 heavy (non-hydrogen) atoms. The number of amides is 2. The van der Waals surface area contributed by atoms with E-state index in [1.54, 1.807) is 6.92 Å². The highest BCUT2D eigenvalue weighted by molar-refractivity contribution is 6.00. The maximum absolute atomic E-state index is 12.9. The third-order valence-corrected chi connectivity index (χ3v) is 2.22. The number of rotatable bonds is 3. The van der Waals surface area contributed by atoms with Gasteiger partial charge in [-0.1, -0.05) is 6.08 Å². The molecule has 0 saturated carbocycles. The first-order valence-electron chi connectivity index (χ1n) is 5.66. The molecule has 0 aliphatic heterocycles. The Morgan fingerprint density at radius 3 is 2.35 bits per heavy atom. The predicted molar refractivity (Wildman–Crippen MR) is 69.2 cm³/mol. The molecule has 7 heteroatoms. The van der Waals surface area contributed by atoms with E-state index in [-0.39, 0.29) is 11.4 Å². The summed E-state index contributed by atoms with van der Waals surface area (Å²) >= 11 is 0. The Labute approximate surface area is 113 Å². The van der Waals surface area contributed by atoms with Gasteiger partial charge in [-0.3, -0.25) is 9.59 Å². The third-order valence-electron chi connectivity index (χ3n) is 2.22. The largest absolute Gasteiger partial charge is 0.418 e. The van der Waals surface area contributed by atoms with Gasteiger partial charge in [0.05, 0.1) is 11.3 Å². The van der Waals surface area contributed by atoms with Gasteiger partial charge in [0, 0.05) is 12.6 Å². The highest BCUT2D eigenvalue weighted by Crippen LogP contribution is 2.36. The molecule has 0 fully saturated rings. The summed E-state index contributed by atoms with van der Waals surface area (Å²) in [4.78, 5) is 22.2. The molecule has 0 aromatic heterocycles. The van der Waals surface area contributed by atoms with Crippen molar-refractivity contribution >= 4 is 23.2 Å². The quantitative estimate of drug-likeness (QED) is 0.838. The van der Waals surface area contributed by atoms with Crippen molar-refractivity contribution in [3.05, 3.63) is 35.9 Å². The molecule has 0 saturated heterocycles. The summed E-state index contributed by atoms with van der Waals surface area (Å²) in [5, 5.41) is 4.40. The number of allylic oxidation sites excluding steroid dienone is 1. The van der Waals surface area contributed by atoms with Gasteiger partial charge in [-0.15, -0.1) is 0 Å². The van der Waals surface area contributed by atoms with Crippen LogP contribution in [0.4, 0.5) is 24.5 Å². The van der Waals surface area contributed by atoms with Crippen molar-refractivity contribution in [1.29, 1.82) is 0 Å². The van der Waals surface area contributed by atoms with Gasteiger partial charge in [0.1, 0.15) is 0 Å². The van der Waals surface area contributed by atoms with Crippen LogP contribution >= 0.6 is 0 Å². The lowest BCUT2D eigenvalue weighted by molar-refractivity contribution is -0.137. The van der Waals surface area contributed by atoms with Gasteiger partial charge in [0.2, 0.25) is 11.8 Å². The third kappa shape index (κ3) is 4.42. The molecule has 0 radical (unpaired) electrons. The molecule has 0 spiro atoms. The van der Waals surface area contributed by atoms with Crippen molar-refractivity contribution in [2.45, 2.75) is 20.0 Å². The average molecular weight is 286 g/mol. The maximum Gasteiger partial charge on any atom is 0.418 e. The minimum atomic E-state index is -4.65. The molecule has 0 aliphatic carbocycles. The Kier molecular flexibility index (Phi) is 4.90. The smallest absolute Gasteiger partial charge is 0.326 e. The number of alkyl halides is 3. The fourth-order valence-corrected chi connectivity index (χ4v) is 1.49. The highest BCUT2D eigenvalue weighted by atomic mass is 19.4. The van der Waals surface area contributed by atoms with Crippen LogP contribution in [0.2, 0.25) is 0 Å². The van der Waals surface area contributed by atoms with Crippen molar-refractivity contribution in [3.8, 4) is 0 Å². The number of hydrogen-bond donors (Lipinski definition) is 2. The summed E-state index contributed by atoms with van der Waals surface area (Å²) in [6.45, 7) is 2.76. The van der Waals surface area contributed by atoms with E-state index in [0.29, 0.717) is 0 Å². The lowest BCUT2D eigenvalue weighted by atomic mass is 10.1. The fourth-order valence-electron chi connectivity index (χ4n) is 1.49. The van der Waals surface area contributed by atoms with Gasteiger partial charge in [0.25, 0.3) is 0 Å². The first kappa shape index (κ1) is 15.7. The van der Waals surface area contributed by atoms with E-state index in [1.807, 2.05) is 0 Å². The van der Waals surface area contributed by atoms with Gasteiger partial charge in [0.15, 0.2) is 0 Å². The second-order valence-electron chi connectivity index (χ2n) is 3.93.